The molecule has 2 aromatic rings. The minimum Gasteiger partial charge on any atom is -0.326 e. The number of halogens is 1. The van der Waals surface area contributed by atoms with Crippen molar-refractivity contribution in [1.29, 1.82) is 0 Å². The van der Waals surface area contributed by atoms with E-state index in [2.05, 4.69) is 10.0 Å². The van der Waals surface area contributed by atoms with Crippen molar-refractivity contribution in [3.8, 4) is 0 Å². The number of anilines is 1. The summed E-state index contributed by atoms with van der Waals surface area (Å²) < 4.78 is 53.2. The van der Waals surface area contributed by atoms with Crippen LogP contribution in [0, 0.1) is 0 Å². The molecule has 1 aliphatic rings. The first kappa shape index (κ1) is 22.7. The average molecular weight is 472 g/mol. The van der Waals surface area contributed by atoms with Crippen LogP contribution in [0.3, 0.4) is 0 Å². The quantitative estimate of drug-likeness (QED) is 0.614. The Balaban J connectivity index is 1.52. The fourth-order valence-corrected chi connectivity index (χ4v) is 5.68. The lowest BCUT2D eigenvalue weighted by Gasteiger charge is -2.15. The zero-order valence-electron chi connectivity index (χ0n) is 16.0. The molecule has 1 amide bonds. The maximum Gasteiger partial charge on any atom is 0.243 e. The monoisotopic (exact) mass is 471 g/mol. The van der Waals surface area contributed by atoms with Crippen LogP contribution in [-0.4, -0.2) is 46.7 Å². The first-order valence-corrected chi connectivity index (χ1v) is 12.6. The summed E-state index contributed by atoms with van der Waals surface area (Å²) in [6.45, 7) is 0.956. The van der Waals surface area contributed by atoms with Crippen LogP contribution in [0.25, 0.3) is 0 Å². The first-order chi connectivity index (χ1) is 14.2. The van der Waals surface area contributed by atoms with Gasteiger partial charge in [0, 0.05) is 36.8 Å². The number of hydrogen-bond acceptors (Lipinski definition) is 5. The molecule has 3 rings (SSSR count). The van der Waals surface area contributed by atoms with Gasteiger partial charge < -0.3 is 5.32 Å². The third-order valence-corrected chi connectivity index (χ3v) is 8.25. The molecule has 1 heterocycles. The summed E-state index contributed by atoms with van der Waals surface area (Å²) in [7, 11) is -7.24. The largest absolute Gasteiger partial charge is 0.326 e. The molecule has 1 aliphatic heterocycles. The molecule has 1 saturated heterocycles. The highest BCUT2D eigenvalue weighted by atomic mass is 35.5. The normalized spacial score (nSPS) is 15.2. The van der Waals surface area contributed by atoms with Crippen molar-refractivity contribution >= 4 is 43.2 Å². The van der Waals surface area contributed by atoms with Crippen molar-refractivity contribution in [3.63, 3.8) is 0 Å². The fourth-order valence-electron chi connectivity index (χ4n) is 3.01. The molecule has 1 fully saturated rings. The number of rotatable bonds is 8. The zero-order chi connectivity index (χ0) is 21.8. The molecule has 0 atom stereocenters. The second-order valence-corrected chi connectivity index (χ2v) is 10.9. The van der Waals surface area contributed by atoms with Gasteiger partial charge >= 0.3 is 0 Å². The molecule has 11 heteroatoms. The van der Waals surface area contributed by atoms with E-state index in [0.29, 0.717) is 23.8 Å². The van der Waals surface area contributed by atoms with Gasteiger partial charge in [0.05, 0.1) is 9.79 Å². The van der Waals surface area contributed by atoms with Gasteiger partial charge in [-0.05, 0) is 61.4 Å². The number of carbonyl (C=O) groups is 1. The van der Waals surface area contributed by atoms with E-state index in [9.17, 15) is 21.6 Å². The second-order valence-electron chi connectivity index (χ2n) is 6.79. The molecule has 0 bridgehead atoms. The summed E-state index contributed by atoms with van der Waals surface area (Å²) in [5.74, 6) is -0.399. The van der Waals surface area contributed by atoms with Crippen LogP contribution in [0.1, 0.15) is 19.3 Å². The molecular formula is C19H22ClN3O5S2. The lowest BCUT2D eigenvalue weighted by molar-refractivity contribution is -0.116. The van der Waals surface area contributed by atoms with E-state index in [-0.39, 0.29) is 22.8 Å². The third kappa shape index (κ3) is 5.58. The van der Waals surface area contributed by atoms with Crippen molar-refractivity contribution in [3.05, 3.63) is 53.6 Å². The zero-order valence-corrected chi connectivity index (χ0v) is 18.4. The van der Waals surface area contributed by atoms with Gasteiger partial charge in [-0.3, -0.25) is 4.79 Å². The van der Waals surface area contributed by atoms with Gasteiger partial charge in [0.25, 0.3) is 0 Å². The molecule has 0 aliphatic carbocycles. The number of nitrogens with zero attached hydrogens (tertiary/aromatic N) is 1. The minimum absolute atomic E-state index is 0.0575. The van der Waals surface area contributed by atoms with E-state index in [1.165, 1.54) is 52.8 Å². The molecule has 0 aromatic heterocycles. The average Bonchev–Trinajstić information content (AvgIpc) is 3.24. The van der Waals surface area contributed by atoms with Gasteiger partial charge in [-0.15, -0.1) is 0 Å². The topological polar surface area (TPSA) is 113 Å². The van der Waals surface area contributed by atoms with Crippen molar-refractivity contribution < 1.29 is 21.6 Å². The summed E-state index contributed by atoms with van der Waals surface area (Å²) in [6.07, 6.45) is 1.63. The molecule has 8 nitrogen and oxygen atoms in total. The van der Waals surface area contributed by atoms with Gasteiger partial charge in [0.1, 0.15) is 0 Å². The molecule has 30 heavy (non-hydrogen) atoms. The highest BCUT2D eigenvalue weighted by Crippen LogP contribution is 2.22. The Bertz CT molecular complexity index is 1100. The van der Waals surface area contributed by atoms with Crippen molar-refractivity contribution in [2.24, 2.45) is 0 Å². The van der Waals surface area contributed by atoms with Gasteiger partial charge in [0.2, 0.25) is 26.0 Å². The summed E-state index contributed by atoms with van der Waals surface area (Å²) in [5, 5.41) is 3.05. The lowest BCUT2D eigenvalue weighted by Crippen LogP contribution is -2.28. The van der Waals surface area contributed by atoms with Crippen molar-refractivity contribution in [2.75, 3.05) is 25.0 Å². The summed E-state index contributed by atoms with van der Waals surface area (Å²) in [4.78, 5) is 12.3. The summed E-state index contributed by atoms with van der Waals surface area (Å²) >= 11 is 5.75. The molecule has 0 spiro atoms. The molecular weight excluding hydrogens is 450 g/mol. The maximum absolute atomic E-state index is 12.5. The fraction of sp³-hybridized carbons (Fsp3) is 0.316. The highest BCUT2D eigenvalue weighted by Gasteiger charge is 2.26. The van der Waals surface area contributed by atoms with Crippen LogP contribution < -0.4 is 10.0 Å². The number of amides is 1. The summed E-state index contributed by atoms with van der Waals surface area (Å²) in [6, 6.07) is 11.6. The van der Waals surface area contributed by atoms with Crippen LogP contribution in [0.15, 0.2) is 58.3 Å². The number of hydrogen-bond donors (Lipinski definition) is 2. The second kappa shape index (κ2) is 9.44. The van der Waals surface area contributed by atoms with Crippen LogP contribution in [0.5, 0.6) is 0 Å². The Labute approximate surface area is 181 Å². The Morgan fingerprint density at radius 3 is 2.07 bits per heavy atom. The number of carbonyl (C=O) groups excluding carboxylic acids is 1. The molecule has 0 saturated carbocycles. The molecule has 2 N–H and O–H groups in total. The smallest absolute Gasteiger partial charge is 0.243 e. The predicted octanol–water partition coefficient (Wildman–Crippen LogP) is 2.43. The number of sulfonamides is 2. The van der Waals surface area contributed by atoms with Gasteiger partial charge in [0.15, 0.2) is 0 Å². The van der Waals surface area contributed by atoms with Crippen molar-refractivity contribution in [2.45, 2.75) is 29.1 Å². The minimum atomic E-state index is -3.74. The molecule has 2 aromatic carbocycles. The first-order valence-electron chi connectivity index (χ1n) is 9.34. The van der Waals surface area contributed by atoms with E-state index in [1.807, 2.05) is 0 Å². The number of nitrogens with one attached hydrogen (secondary N) is 2. The Hall–Kier alpha value is -1.98. The van der Waals surface area contributed by atoms with E-state index >= 15 is 0 Å². The third-order valence-electron chi connectivity index (χ3n) is 4.61. The van der Waals surface area contributed by atoms with E-state index in [4.69, 9.17) is 11.6 Å². The Kier molecular flexibility index (Phi) is 7.14. The standard InChI is InChI=1S/C19H22ClN3O5S2/c20-15-3-7-17(8-4-15)29(25,26)21-12-11-19(24)22-16-5-9-18(10-6-16)30(27,28)23-13-1-2-14-23/h3-10,21H,1-2,11-14H2,(H,22,24). The lowest BCUT2D eigenvalue weighted by atomic mass is 10.3. The van der Waals surface area contributed by atoms with Crippen molar-refractivity contribution in [1.82, 2.24) is 9.03 Å². The molecule has 0 unspecified atom stereocenters. The van der Waals surface area contributed by atoms with Gasteiger partial charge in [-0.2, -0.15) is 4.31 Å². The Morgan fingerprint density at radius 1 is 0.900 bits per heavy atom. The van der Waals surface area contributed by atoms with Gasteiger partial charge in [-0.25, -0.2) is 21.6 Å². The maximum atomic E-state index is 12.5. The van der Waals surface area contributed by atoms with Gasteiger partial charge in [-0.1, -0.05) is 11.6 Å². The summed E-state index contributed by atoms with van der Waals surface area (Å²) in [5.41, 5.74) is 0.431. The van der Waals surface area contributed by atoms with Crippen LogP contribution in [0.2, 0.25) is 5.02 Å². The van der Waals surface area contributed by atoms with Crippen LogP contribution in [-0.2, 0) is 24.8 Å². The molecule has 162 valence electrons. The van der Waals surface area contributed by atoms with Crippen LogP contribution in [0.4, 0.5) is 5.69 Å². The molecule has 0 radical (unpaired) electrons. The number of benzene rings is 2. The Morgan fingerprint density at radius 2 is 1.47 bits per heavy atom. The van der Waals surface area contributed by atoms with E-state index in [1.54, 1.807) is 0 Å². The highest BCUT2D eigenvalue weighted by molar-refractivity contribution is 7.89. The van der Waals surface area contributed by atoms with E-state index in [0.717, 1.165) is 12.8 Å². The van der Waals surface area contributed by atoms with E-state index < -0.39 is 26.0 Å². The SMILES string of the molecule is O=C(CCNS(=O)(=O)c1ccc(Cl)cc1)Nc1ccc(S(=O)(=O)N2CCCC2)cc1. The predicted molar refractivity (Wildman–Crippen MR) is 114 cm³/mol. The van der Waals surface area contributed by atoms with Crippen LogP contribution >= 0.6 is 11.6 Å².